The van der Waals surface area contributed by atoms with Crippen LogP contribution < -0.4 is 0 Å². The molecule has 1 heterocycles. The first-order chi connectivity index (χ1) is 11.0. The number of nitro benzene ring substituents is 1. The number of carbonyl (C=O) groups excluding carboxylic acids is 2. The van der Waals surface area contributed by atoms with Gasteiger partial charge in [-0.2, -0.15) is 5.10 Å². The first-order valence-electron chi connectivity index (χ1n) is 7.60. The highest BCUT2D eigenvalue weighted by Gasteiger charge is 2.39. The molecule has 1 aromatic rings. The van der Waals surface area contributed by atoms with E-state index in [0.717, 1.165) is 19.3 Å². The third-order valence-electron chi connectivity index (χ3n) is 3.77. The Morgan fingerprint density at radius 1 is 1.39 bits per heavy atom. The summed E-state index contributed by atoms with van der Waals surface area (Å²) in [6, 6.07) is 5.43. The van der Waals surface area contributed by atoms with Gasteiger partial charge in [-0.3, -0.25) is 19.7 Å². The smallest absolute Gasteiger partial charge is 0.270 e. The highest BCUT2D eigenvalue weighted by atomic mass is 16.6. The molecule has 0 aromatic heterocycles. The first kappa shape index (κ1) is 16.8. The first-order valence-corrected chi connectivity index (χ1v) is 7.60. The standard InChI is InChI=1S/C16H19N3O4/c1-3-4-5-9-18-16(21)14(11(2)17-18)15(20)12-7-6-8-13(10-12)19(22)23/h6-8,10,14H,3-5,9H2,1-2H3/t14-/m0/s1. The summed E-state index contributed by atoms with van der Waals surface area (Å²) in [5.41, 5.74) is 0.418. The molecular weight excluding hydrogens is 298 g/mol. The molecule has 0 aliphatic carbocycles. The quantitative estimate of drug-likeness (QED) is 0.254. The number of ketones is 1. The number of hydrogen-bond acceptors (Lipinski definition) is 5. The summed E-state index contributed by atoms with van der Waals surface area (Å²) in [5, 5.41) is 16.3. The number of carbonyl (C=O) groups is 2. The molecule has 122 valence electrons. The van der Waals surface area contributed by atoms with Crippen LogP contribution in [0, 0.1) is 16.0 Å². The van der Waals surface area contributed by atoms with Gasteiger partial charge in [0.25, 0.3) is 11.6 Å². The van der Waals surface area contributed by atoms with Crippen LogP contribution in [0.4, 0.5) is 5.69 Å². The Balaban J connectivity index is 2.17. The molecule has 0 bridgehead atoms. The molecule has 0 saturated heterocycles. The number of hydrogen-bond donors (Lipinski definition) is 0. The lowest BCUT2D eigenvalue weighted by molar-refractivity contribution is -0.384. The molecule has 7 heteroatoms. The summed E-state index contributed by atoms with van der Waals surface area (Å²) in [4.78, 5) is 35.2. The minimum absolute atomic E-state index is 0.155. The monoisotopic (exact) mass is 317 g/mol. The molecule has 0 spiro atoms. The Kier molecular flexibility index (Phi) is 5.20. The number of nitrogens with zero attached hydrogens (tertiary/aromatic N) is 3. The van der Waals surface area contributed by atoms with Gasteiger partial charge in [-0.25, -0.2) is 5.01 Å². The molecule has 0 fully saturated rings. The lowest BCUT2D eigenvalue weighted by Gasteiger charge is -2.13. The van der Waals surface area contributed by atoms with E-state index < -0.39 is 16.6 Å². The molecule has 1 aliphatic rings. The van der Waals surface area contributed by atoms with Crippen molar-refractivity contribution in [2.24, 2.45) is 11.0 Å². The van der Waals surface area contributed by atoms with E-state index in [1.54, 1.807) is 6.92 Å². The number of nitro groups is 1. The number of unbranched alkanes of at least 4 members (excludes halogenated alkanes) is 2. The summed E-state index contributed by atoms with van der Waals surface area (Å²) in [6.45, 7) is 4.19. The van der Waals surface area contributed by atoms with E-state index in [1.165, 1.54) is 29.3 Å². The fourth-order valence-electron chi connectivity index (χ4n) is 2.54. The molecule has 23 heavy (non-hydrogen) atoms. The number of Topliss-reactive ketones (excluding diaryl/α,β-unsaturated/α-hetero) is 1. The molecule has 0 N–H and O–H groups in total. The van der Waals surface area contributed by atoms with Crippen LogP contribution in [-0.2, 0) is 4.79 Å². The number of rotatable bonds is 7. The molecule has 1 aliphatic heterocycles. The van der Waals surface area contributed by atoms with Crippen molar-refractivity contribution in [3.63, 3.8) is 0 Å². The average molecular weight is 317 g/mol. The molecule has 1 atom stereocenters. The van der Waals surface area contributed by atoms with Gasteiger partial charge in [-0.15, -0.1) is 0 Å². The molecule has 0 unspecified atom stereocenters. The van der Waals surface area contributed by atoms with Crippen LogP contribution in [0.5, 0.6) is 0 Å². The van der Waals surface area contributed by atoms with Crippen molar-refractivity contribution in [3.05, 3.63) is 39.9 Å². The van der Waals surface area contributed by atoms with Crippen molar-refractivity contribution in [3.8, 4) is 0 Å². The topological polar surface area (TPSA) is 92.9 Å². The number of benzene rings is 1. The SMILES string of the molecule is CCCCCN1N=C(C)[C@@H](C(=O)c2cccc([N+](=O)[O-])c2)C1=O. The van der Waals surface area contributed by atoms with Crippen molar-refractivity contribution in [2.45, 2.75) is 33.1 Å². The summed E-state index contributed by atoms with van der Waals surface area (Å²) in [6.07, 6.45) is 2.85. The molecule has 0 saturated carbocycles. The largest absolute Gasteiger partial charge is 0.293 e. The molecular formula is C16H19N3O4. The van der Waals surface area contributed by atoms with E-state index >= 15 is 0 Å². The third-order valence-corrected chi connectivity index (χ3v) is 3.77. The number of amides is 1. The van der Waals surface area contributed by atoms with E-state index in [4.69, 9.17) is 0 Å². The third kappa shape index (κ3) is 3.61. The summed E-state index contributed by atoms with van der Waals surface area (Å²) >= 11 is 0. The van der Waals surface area contributed by atoms with Crippen molar-refractivity contribution in [2.75, 3.05) is 6.54 Å². The Bertz CT molecular complexity index is 669. The maximum atomic E-state index is 12.6. The van der Waals surface area contributed by atoms with Gasteiger partial charge >= 0.3 is 0 Å². The van der Waals surface area contributed by atoms with E-state index in [9.17, 15) is 19.7 Å². The zero-order valence-corrected chi connectivity index (χ0v) is 13.2. The van der Waals surface area contributed by atoms with Gasteiger partial charge < -0.3 is 0 Å². The zero-order valence-electron chi connectivity index (χ0n) is 13.2. The second kappa shape index (κ2) is 7.13. The van der Waals surface area contributed by atoms with Crippen molar-refractivity contribution in [1.29, 1.82) is 0 Å². The van der Waals surface area contributed by atoms with Crippen LogP contribution in [0.3, 0.4) is 0 Å². The Morgan fingerprint density at radius 2 is 2.13 bits per heavy atom. The lowest BCUT2D eigenvalue weighted by Crippen LogP contribution is -2.33. The summed E-state index contributed by atoms with van der Waals surface area (Å²) in [7, 11) is 0. The highest BCUT2D eigenvalue weighted by molar-refractivity contribution is 6.26. The van der Waals surface area contributed by atoms with Crippen molar-refractivity contribution in [1.82, 2.24) is 5.01 Å². The minimum atomic E-state index is -0.973. The Morgan fingerprint density at radius 3 is 2.78 bits per heavy atom. The average Bonchev–Trinajstić information content (AvgIpc) is 2.81. The van der Waals surface area contributed by atoms with Crippen LogP contribution in [0.2, 0.25) is 0 Å². The van der Waals surface area contributed by atoms with Gasteiger partial charge in [-0.05, 0) is 13.3 Å². The maximum Gasteiger partial charge on any atom is 0.270 e. The maximum absolute atomic E-state index is 12.6. The summed E-state index contributed by atoms with van der Waals surface area (Å²) < 4.78 is 0. The fraction of sp³-hybridized carbons (Fsp3) is 0.438. The number of non-ortho nitro benzene ring substituents is 1. The predicted octanol–water partition coefficient (Wildman–Crippen LogP) is 2.80. The minimum Gasteiger partial charge on any atom is -0.293 e. The van der Waals surface area contributed by atoms with Crippen LogP contribution in [-0.4, -0.2) is 33.9 Å². The molecule has 1 aromatic carbocycles. The van der Waals surface area contributed by atoms with E-state index in [0.29, 0.717) is 12.3 Å². The van der Waals surface area contributed by atoms with Gasteiger partial charge in [0.2, 0.25) is 0 Å². The normalized spacial score (nSPS) is 17.3. The zero-order chi connectivity index (χ0) is 17.0. The highest BCUT2D eigenvalue weighted by Crippen LogP contribution is 2.23. The van der Waals surface area contributed by atoms with Gasteiger partial charge in [0.15, 0.2) is 5.78 Å². The fourth-order valence-corrected chi connectivity index (χ4v) is 2.54. The van der Waals surface area contributed by atoms with E-state index in [1.807, 2.05) is 0 Å². The number of hydrazone groups is 1. The molecule has 2 rings (SSSR count). The molecule has 7 nitrogen and oxygen atoms in total. The van der Waals surface area contributed by atoms with Gasteiger partial charge in [-0.1, -0.05) is 31.9 Å². The predicted molar refractivity (Wildman–Crippen MR) is 85.3 cm³/mol. The van der Waals surface area contributed by atoms with Gasteiger partial charge in [0.1, 0.15) is 5.92 Å². The second-order valence-corrected chi connectivity index (χ2v) is 5.51. The van der Waals surface area contributed by atoms with Gasteiger partial charge in [0, 0.05) is 24.2 Å². The molecule has 1 amide bonds. The van der Waals surface area contributed by atoms with Gasteiger partial charge in [0.05, 0.1) is 10.6 Å². The van der Waals surface area contributed by atoms with Crippen LogP contribution in [0.15, 0.2) is 29.4 Å². The van der Waals surface area contributed by atoms with Crippen LogP contribution in [0.25, 0.3) is 0 Å². The lowest BCUT2D eigenvalue weighted by atomic mass is 9.93. The summed E-state index contributed by atoms with van der Waals surface area (Å²) in [5.74, 6) is -1.77. The van der Waals surface area contributed by atoms with Crippen molar-refractivity contribution >= 4 is 23.1 Å². The Hall–Kier alpha value is -2.57. The molecule has 0 radical (unpaired) electrons. The van der Waals surface area contributed by atoms with Crippen LogP contribution >= 0.6 is 0 Å². The van der Waals surface area contributed by atoms with Crippen molar-refractivity contribution < 1.29 is 14.5 Å². The van der Waals surface area contributed by atoms with Crippen LogP contribution in [0.1, 0.15) is 43.5 Å². The second-order valence-electron chi connectivity index (χ2n) is 5.51. The van der Waals surface area contributed by atoms with E-state index in [2.05, 4.69) is 12.0 Å². The Labute approximate surface area is 134 Å². The van der Waals surface area contributed by atoms with E-state index in [-0.39, 0.29) is 17.2 Å².